The number of nitrogens with two attached hydrogens (primary N) is 1. The minimum Gasteiger partial charge on any atom is -0.334 e. The molecule has 0 aliphatic rings. The third-order valence-corrected chi connectivity index (χ3v) is 3.84. The molecular weight excluding hydrogens is 296 g/mol. The molecule has 0 aliphatic carbocycles. The van der Waals surface area contributed by atoms with Crippen molar-refractivity contribution in [3.8, 4) is 0 Å². The third kappa shape index (κ3) is 3.47. The fourth-order valence-electron chi connectivity index (χ4n) is 1.79. The molecule has 0 spiro atoms. The molecule has 0 atom stereocenters. The summed E-state index contributed by atoms with van der Waals surface area (Å²) in [6.45, 7) is 3.14. The Morgan fingerprint density at radius 3 is 2.95 bits per heavy atom. The van der Waals surface area contributed by atoms with E-state index < -0.39 is 0 Å². The van der Waals surface area contributed by atoms with E-state index in [-0.39, 0.29) is 11.1 Å². The van der Waals surface area contributed by atoms with Crippen LogP contribution in [0.2, 0.25) is 5.15 Å². The zero-order valence-electron chi connectivity index (χ0n) is 11.0. The van der Waals surface area contributed by atoms with Crippen LogP contribution in [0.15, 0.2) is 29.6 Å². The normalized spacial score (nSPS) is 10.3. The second kappa shape index (κ2) is 6.69. The number of nitrogens with zero attached hydrogens (tertiary/aromatic N) is 2. The summed E-state index contributed by atoms with van der Waals surface area (Å²) < 4.78 is 0. The van der Waals surface area contributed by atoms with Gasteiger partial charge in [-0.2, -0.15) is 0 Å². The summed E-state index contributed by atoms with van der Waals surface area (Å²) in [7, 11) is 0. The number of pyridine rings is 1. The zero-order valence-corrected chi connectivity index (χ0v) is 12.5. The molecule has 7 heteroatoms. The van der Waals surface area contributed by atoms with E-state index in [4.69, 9.17) is 17.4 Å². The monoisotopic (exact) mass is 310 g/mol. The molecule has 0 bridgehead atoms. The molecule has 0 radical (unpaired) electrons. The molecule has 2 aromatic rings. The van der Waals surface area contributed by atoms with E-state index in [1.54, 1.807) is 28.4 Å². The number of nitrogen functional groups attached to an aromatic ring is 1. The highest BCUT2D eigenvalue weighted by Gasteiger charge is 2.16. The van der Waals surface area contributed by atoms with Crippen LogP contribution in [-0.4, -0.2) is 22.3 Å². The predicted molar refractivity (Wildman–Crippen MR) is 81.8 cm³/mol. The molecule has 2 aromatic heterocycles. The first kappa shape index (κ1) is 14.8. The molecule has 106 valence electrons. The van der Waals surface area contributed by atoms with E-state index in [0.29, 0.717) is 24.5 Å². The van der Waals surface area contributed by atoms with Gasteiger partial charge in [-0.3, -0.25) is 4.79 Å². The first-order valence-electron chi connectivity index (χ1n) is 6.10. The van der Waals surface area contributed by atoms with Gasteiger partial charge in [0.1, 0.15) is 11.0 Å². The van der Waals surface area contributed by atoms with Gasteiger partial charge >= 0.3 is 0 Å². The molecule has 5 nitrogen and oxygen atoms in total. The van der Waals surface area contributed by atoms with E-state index in [1.807, 2.05) is 24.4 Å². The molecule has 0 saturated carbocycles. The molecular formula is C13H15ClN4OS. The van der Waals surface area contributed by atoms with Crippen molar-refractivity contribution in [3.63, 3.8) is 0 Å². The van der Waals surface area contributed by atoms with Crippen LogP contribution in [0.1, 0.15) is 22.2 Å². The maximum Gasteiger partial charge on any atom is 0.254 e. The summed E-state index contributed by atoms with van der Waals surface area (Å²) in [5, 5.41) is 2.23. The van der Waals surface area contributed by atoms with Gasteiger partial charge in [0.05, 0.1) is 6.54 Å². The summed E-state index contributed by atoms with van der Waals surface area (Å²) in [6, 6.07) is 7.11. The fraction of sp³-hybridized carbons (Fsp3) is 0.231. The number of hydrogen-bond acceptors (Lipinski definition) is 5. The average molecular weight is 311 g/mol. The molecule has 1 amide bonds. The summed E-state index contributed by atoms with van der Waals surface area (Å²) in [5.74, 6) is 5.58. The fourth-order valence-corrected chi connectivity index (χ4v) is 2.72. The highest BCUT2D eigenvalue weighted by atomic mass is 35.5. The van der Waals surface area contributed by atoms with E-state index in [0.717, 1.165) is 4.88 Å². The average Bonchev–Trinajstić information content (AvgIpc) is 2.96. The Hall–Kier alpha value is -1.63. The number of thiophene rings is 1. The summed E-state index contributed by atoms with van der Waals surface area (Å²) in [4.78, 5) is 19.3. The maximum atomic E-state index is 12.5. The Morgan fingerprint density at radius 1 is 1.55 bits per heavy atom. The SMILES string of the molecule is CCN(Cc1cccs1)C(=O)c1cc(Cl)nc(NN)c1. The maximum absolute atomic E-state index is 12.5. The lowest BCUT2D eigenvalue weighted by Crippen LogP contribution is -2.30. The summed E-state index contributed by atoms with van der Waals surface area (Å²) in [5.41, 5.74) is 2.87. The Labute approximate surface area is 126 Å². The molecule has 0 saturated heterocycles. The highest BCUT2D eigenvalue weighted by Crippen LogP contribution is 2.18. The largest absolute Gasteiger partial charge is 0.334 e. The van der Waals surface area contributed by atoms with Crippen molar-refractivity contribution in [3.05, 3.63) is 45.2 Å². The van der Waals surface area contributed by atoms with Gasteiger partial charge in [-0.15, -0.1) is 11.3 Å². The molecule has 0 unspecified atom stereocenters. The number of anilines is 1. The van der Waals surface area contributed by atoms with Gasteiger partial charge in [-0.05, 0) is 30.5 Å². The molecule has 0 aliphatic heterocycles. The number of aromatic nitrogens is 1. The number of hydrazine groups is 1. The van der Waals surface area contributed by atoms with Gasteiger partial charge < -0.3 is 10.3 Å². The lowest BCUT2D eigenvalue weighted by molar-refractivity contribution is 0.0754. The molecule has 0 aromatic carbocycles. The molecule has 2 rings (SSSR count). The smallest absolute Gasteiger partial charge is 0.254 e. The molecule has 3 N–H and O–H groups in total. The van der Waals surface area contributed by atoms with Crippen molar-refractivity contribution in [2.45, 2.75) is 13.5 Å². The Kier molecular flexibility index (Phi) is 4.94. The number of hydrogen-bond donors (Lipinski definition) is 2. The van der Waals surface area contributed by atoms with Crippen molar-refractivity contribution in [1.82, 2.24) is 9.88 Å². The summed E-state index contributed by atoms with van der Waals surface area (Å²) >= 11 is 7.51. The number of halogens is 1. The van der Waals surface area contributed by atoms with Crippen LogP contribution in [0.5, 0.6) is 0 Å². The van der Waals surface area contributed by atoms with Crippen LogP contribution >= 0.6 is 22.9 Å². The van der Waals surface area contributed by atoms with Crippen LogP contribution in [0.25, 0.3) is 0 Å². The summed E-state index contributed by atoms with van der Waals surface area (Å²) in [6.07, 6.45) is 0. The van der Waals surface area contributed by atoms with Gasteiger partial charge in [0.25, 0.3) is 5.91 Å². The van der Waals surface area contributed by atoms with Crippen molar-refractivity contribution in [2.75, 3.05) is 12.0 Å². The number of rotatable bonds is 5. The minimum atomic E-state index is -0.0956. The quantitative estimate of drug-likeness (QED) is 0.506. The van der Waals surface area contributed by atoms with E-state index in [2.05, 4.69) is 10.4 Å². The van der Waals surface area contributed by atoms with Gasteiger partial charge in [0.15, 0.2) is 0 Å². The lowest BCUT2D eigenvalue weighted by atomic mass is 10.2. The van der Waals surface area contributed by atoms with E-state index in [9.17, 15) is 4.79 Å². The zero-order chi connectivity index (χ0) is 14.5. The standard InChI is InChI=1S/C13H15ClN4OS/c1-2-18(8-10-4-3-5-20-10)13(19)9-6-11(14)16-12(7-9)17-15/h3-7H,2,8,15H2,1H3,(H,16,17). The second-order valence-electron chi connectivity index (χ2n) is 4.11. The van der Waals surface area contributed by atoms with Crippen LogP contribution in [-0.2, 0) is 6.54 Å². The van der Waals surface area contributed by atoms with Gasteiger partial charge in [0.2, 0.25) is 0 Å². The number of carbonyl (C=O) groups excluding carboxylic acids is 1. The Morgan fingerprint density at radius 2 is 2.35 bits per heavy atom. The van der Waals surface area contributed by atoms with E-state index in [1.165, 1.54) is 0 Å². The second-order valence-corrected chi connectivity index (χ2v) is 5.53. The minimum absolute atomic E-state index is 0.0956. The highest BCUT2D eigenvalue weighted by molar-refractivity contribution is 7.09. The number of amides is 1. The first-order valence-corrected chi connectivity index (χ1v) is 7.35. The van der Waals surface area contributed by atoms with Crippen molar-refractivity contribution < 1.29 is 4.79 Å². The van der Waals surface area contributed by atoms with Crippen LogP contribution in [0, 0.1) is 0 Å². The number of carbonyl (C=O) groups is 1. The van der Waals surface area contributed by atoms with Gasteiger partial charge in [-0.1, -0.05) is 17.7 Å². The third-order valence-electron chi connectivity index (χ3n) is 2.78. The molecule has 0 fully saturated rings. The Bertz CT molecular complexity index is 588. The van der Waals surface area contributed by atoms with Crippen molar-refractivity contribution in [1.29, 1.82) is 0 Å². The van der Waals surface area contributed by atoms with Crippen LogP contribution < -0.4 is 11.3 Å². The predicted octanol–water partition coefficient (Wildman–Crippen LogP) is 2.74. The molecule has 20 heavy (non-hydrogen) atoms. The number of nitrogens with one attached hydrogen (secondary N) is 1. The van der Waals surface area contributed by atoms with Crippen LogP contribution in [0.3, 0.4) is 0 Å². The molecule has 2 heterocycles. The van der Waals surface area contributed by atoms with Crippen molar-refractivity contribution in [2.24, 2.45) is 5.84 Å². The topological polar surface area (TPSA) is 71.2 Å². The van der Waals surface area contributed by atoms with Gasteiger partial charge in [-0.25, -0.2) is 10.8 Å². The van der Waals surface area contributed by atoms with E-state index >= 15 is 0 Å². The lowest BCUT2D eigenvalue weighted by Gasteiger charge is -2.20. The van der Waals surface area contributed by atoms with Gasteiger partial charge in [0, 0.05) is 17.0 Å². The first-order chi connectivity index (χ1) is 9.63. The Balaban J connectivity index is 2.21. The van der Waals surface area contributed by atoms with Crippen LogP contribution in [0.4, 0.5) is 5.82 Å². The van der Waals surface area contributed by atoms with Crippen molar-refractivity contribution >= 4 is 34.7 Å².